The highest BCUT2D eigenvalue weighted by atomic mass is 19.2. The highest BCUT2D eigenvalue weighted by molar-refractivity contribution is 4.77. The molecule has 60 valence electrons. The molecule has 0 radical (unpaired) electrons. The maximum Gasteiger partial charge on any atom is 0.211 e. The molecular formula is C8H15FO. The third-order valence-corrected chi connectivity index (χ3v) is 2.34. The lowest BCUT2D eigenvalue weighted by molar-refractivity contribution is -0.203. The summed E-state index contributed by atoms with van der Waals surface area (Å²) in [5.41, 5.74) is 0. The number of halogens is 1. The fourth-order valence-corrected chi connectivity index (χ4v) is 1.44. The Morgan fingerprint density at radius 2 is 2.40 bits per heavy atom. The van der Waals surface area contributed by atoms with Gasteiger partial charge in [0.25, 0.3) is 0 Å². The minimum atomic E-state index is -1.32. The second-order valence-corrected chi connectivity index (χ2v) is 3.03. The number of alkyl halides is 1. The van der Waals surface area contributed by atoms with Crippen molar-refractivity contribution >= 4 is 0 Å². The molecule has 1 rings (SSSR count). The van der Waals surface area contributed by atoms with Crippen LogP contribution in [0.4, 0.5) is 4.39 Å². The molecule has 1 saturated heterocycles. The summed E-state index contributed by atoms with van der Waals surface area (Å²) in [6.45, 7) is 4.35. The summed E-state index contributed by atoms with van der Waals surface area (Å²) in [5.74, 6) is -1.25. The van der Waals surface area contributed by atoms with E-state index in [2.05, 4.69) is 0 Å². The summed E-state index contributed by atoms with van der Waals surface area (Å²) in [6, 6.07) is 0. The number of rotatable bonds is 1. The van der Waals surface area contributed by atoms with Crippen LogP contribution < -0.4 is 0 Å². The topological polar surface area (TPSA) is 9.23 Å². The van der Waals surface area contributed by atoms with Crippen LogP contribution in [0.3, 0.4) is 0 Å². The van der Waals surface area contributed by atoms with E-state index < -0.39 is 5.85 Å². The first kappa shape index (κ1) is 7.99. The zero-order valence-electron chi connectivity index (χ0n) is 6.69. The Morgan fingerprint density at radius 3 is 2.80 bits per heavy atom. The maximum absolute atomic E-state index is 13.5. The largest absolute Gasteiger partial charge is 0.346 e. The van der Waals surface area contributed by atoms with Crippen LogP contribution in [0.15, 0.2) is 0 Å². The van der Waals surface area contributed by atoms with Gasteiger partial charge in [0.2, 0.25) is 5.85 Å². The molecule has 0 aromatic carbocycles. The molecule has 1 fully saturated rings. The van der Waals surface area contributed by atoms with Crippen molar-refractivity contribution in [1.29, 1.82) is 0 Å². The van der Waals surface area contributed by atoms with Gasteiger partial charge in [0, 0.05) is 12.3 Å². The molecule has 1 nitrogen and oxygen atoms in total. The smallest absolute Gasteiger partial charge is 0.211 e. The zero-order valence-corrected chi connectivity index (χ0v) is 6.69. The SMILES string of the molecule is CCC1(F)OCCCC1C. The predicted molar refractivity (Wildman–Crippen MR) is 38.5 cm³/mol. The van der Waals surface area contributed by atoms with Gasteiger partial charge in [0.1, 0.15) is 0 Å². The van der Waals surface area contributed by atoms with Crippen LogP contribution in [0.1, 0.15) is 33.1 Å². The van der Waals surface area contributed by atoms with Crippen molar-refractivity contribution in [1.82, 2.24) is 0 Å². The van der Waals surface area contributed by atoms with E-state index in [1.807, 2.05) is 13.8 Å². The fourth-order valence-electron chi connectivity index (χ4n) is 1.44. The van der Waals surface area contributed by atoms with Crippen LogP contribution in [0.25, 0.3) is 0 Å². The minimum Gasteiger partial charge on any atom is -0.346 e. The average molecular weight is 146 g/mol. The minimum absolute atomic E-state index is 0.0752. The molecule has 1 heterocycles. The van der Waals surface area contributed by atoms with Crippen molar-refractivity contribution in [3.05, 3.63) is 0 Å². The van der Waals surface area contributed by atoms with E-state index in [0.29, 0.717) is 13.0 Å². The van der Waals surface area contributed by atoms with E-state index in [1.165, 1.54) is 0 Å². The third-order valence-electron chi connectivity index (χ3n) is 2.34. The van der Waals surface area contributed by atoms with Gasteiger partial charge in [0.05, 0.1) is 6.61 Å². The van der Waals surface area contributed by atoms with Crippen LogP contribution >= 0.6 is 0 Å². The van der Waals surface area contributed by atoms with Gasteiger partial charge < -0.3 is 4.74 Å². The molecule has 2 heteroatoms. The van der Waals surface area contributed by atoms with E-state index in [4.69, 9.17) is 4.74 Å². The van der Waals surface area contributed by atoms with E-state index in [0.717, 1.165) is 12.8 Å². The lowest BCUT2D eigenvalue weighted by Crippen LogP contribution is -2.38. The van der Waals surface area contributed by atoms with Crippen LogP contribution in [0.2, 0.25) is 0 Å². The Kier molecular flexibility index (Phi) is 2.29. The number of hydrogen-bond donors (Lipinski definition) is 0. The molecule has 0 aliphatic carbocycles. The second kappa shape index (κ2) is 2.87. The van der Waals surface area contributed by atoms with Gasteiger partial charge in [-0.25, -0.2) is 4.39 Å². The molecule has 0 aromatic rings. The Bertz CT molecular complexity index is 116. The molecular weight excluding hydrogens is 131 g/mol. The van der Waals surface area contributed by atoms with Gasteiger partial charge in [-0.2, -0.15) is 0 Å². The Morgan fingerprint density at radius 1 is 1.70 bits per heavy atom. The standard InChI is InChI=1S/C8H15FO/c1-3-8(9)7(2)5-4-6-10-8/h7H,3-6H2,1-2H3. The molecule has 0 aromatic heterocycles. The average Bonchev–Trinajstić information content (AvgIpc) is 1.96. The van der Waals surface area contributed by atoms with Crippen molar-refractivity contribution in [3.8, 4) is 0 Å². The molecule has 0 N–H and O–H groups in total. The molecule has 1 aliphatic rings. The quantitative estimate of drug-likeness (QED) is 0.552. The summed E-state index contributed by atoms with van der Waals surface area (Å²) < 4.78 is 18.5. The molecule has 0 amide bonds. The lowest BCUT2D eigenvalue weighted by Gasteiger charge is -2.34. The molecule has 0 saturated carbocycles. The Balaban J connectivity index is 2.54. The van der Waals surface area contributed by atoms with Crippen molar-refractivity contribution in [2.24, 2.45) is 5.92 Å². The van der Waals surface area contributed by atoms with Crippen molar-refractivity contribution in [2.45, 2.75) is 39.0 Å². The summed E-state index contributed by atoms with van der Waals surface area (Å²) in [7, 11) is 0. The molecule has 2 atom stereocenters. The van der Waals surface area contributed by atoms with Crippen molar-refractivity contribution in [3.63, 3.8) is 0 Å². The summed E-state index contributed by atoms with van der Waals surface area (Å²) in [6.07, 6.45) is 2.45. The van der Waals surface area contributed by atoms with Crippen LogP contribution in [0.5, 0.6) is 0 Å². The van der Waals surface area contributed by atoms with Crippen molar-refractivity contribution in [2.75, 3.05) is 6.61 Å². The van der Waals surface area contributed by atoms with Gasteiger partial charge in [-0.05, 0) is 12.8 Å². The van der Waals surface area contributed by atoms with E-state index in [1.54, 1.807) is 0 Å². The molecule has 1 aliphatic heterocycles. The molecule has 0 spiro atoms. The van der Waals surface area contributed by atoms with Gasteiger partial charge in [-0.3, -0.25) is 0 Å². The van der Waals surface area contributed by atoms with E-state index >= 15 is 0 Å². The highest BCUT2D eigenvalue weighted by Gasteiger charge is 2.37. The zero-order chi connectivity index (χ0) is 7.61. The first-order chi connectivity index (χ1) is 4.69. The van der Waals surface area contributed by atoms with E-state index in [9.17, 15) is 4.39 Å². The number of ether oxygens (including phenoxy) is 1. The predicted octanol–water partition coefficient (Wildman–Crippen LogP) is 2.51. The highest BCUT2D eigenvalue weighted by Crippen LogP contribution is 2.34. The monoisotopic (exact) mass is 146 g/mol. The van der Waals surface area contributed by atoms with Gasteiger partial charge >= 0.3 is 0 Å². The molecule has 2 unspecified atom stereocenters. The molecule has 0 bridgehead atoms. The summed E-state index contributed by atoms with van der Waals surface area (Å²) in [5, 5.41) is 0. The normalized spacial score (nSPS) is 41.7. The van der Waals surface area contributed by atoms with E-state index in [-0.39, 0.29) is 5.92 Å². The molecule has 10 heavy (non-hydrogen) atoms. The van der Waals surface area contributed by atoms with Gasteiger partial charge in [-0.15, -0.1) is 0 Å². The van der Waals surface area contributed by atoms with Gasteiger partial charge in [-0.1, -0.05) is 13.8 Å². The Hall–Kier alpha value is -0.110. The third kappa shape index (κ3) is 1.31. The second-order valence-electron chi connectivity index (χ2n) is 3.03. The Labute approximate surface area is 61.6 Å². The van der Waals surface area contributed by atoms with Crippen LogP contribution in [-0.4, -0.2) is 12.5 Å². The lowest BCUT2D eigenvalue weighted by atomic mass is 9.92. The summed E-state index contributed by atoms with van der Waals surface area (Å²) in [4.78, 5) is 0. The first-order valence-electron chi connectivity index (χ1n) is 4.02. The van der Waals surface area contributed by atoms with Crippen LogP contribution in [-0.2, 0) is 4.74 Å². The summed E-state index contributed by atoms with van der Waals surface area (Å²) >= 11 is 0. The first-order valence-corrected chi connectivity index (χ1v) is 4.02. The van der Waals surface area contributed by atoms with Gasteiger partial charge in [0.15, 0.2) is 0 Å². The van der Waals surface area contributed by atoms with Crippen molar-refractivity contribution < 1.29 is 9.13 Å². The number of hydrogen-bond acceptors (Lipinski definition) is 1. The van der Waals surface area contributed by atoms with Crippen LogP contribution in [0, 0.1) is 5.92 Å². The fraction of sp³-hybridized carbons (Fsp3) is 1.00. The maximum atomic E-state index is 13.5.